The molecule has 2 N–H and O–H groups in total. The SMILES string of the molecule is CC(C)N(C(=O)C(=O)c1ccc(C(=O)N[C@H](CO)c2ccccc2)cc1)C(C)C. The maximum atomic E-state index is 12.6. The minimum absolute atomic E-state index is 0.0927. The zero-order valence-corrected chi connectivity index (χ0v) is 17.3. The van der Waals surface area contributed by atoms with Crippen LogP contribution < -0.4 is 5.32 Å². The van der Waals surface area contributed by atoms with Gasteiger partial charge in [-0.1, -0.05) is 42.5 Å². The highest BCUT2D eigenvalue weighted by molar-refractivity contribution is 6.42. The van der Waals surface area contributed by atoms with Crippen LogP contribution in [0.25, 0.3) is 0 Å². The van der Waals surface area contributed by atoms with E-state index < -0.39 is 17.7 Å². The predicted molar refractivity (Wildman–Crippen MR) is 112 cm³/mol. The topological polar surface area (TPSA) is 86.7 Å². The fourth-order valence-electron chi connectivity index (χ4n) is 3.24. The van der Waals surface area contributed by atoms with Gasteiger partial charge >= 0.3 is 0 Å². The number of carbonyl (C=O) groups excluding carboxylic acids is 3. The third-order valence-electron chi connectivity index (χ3n) is 4.64. The van der Waals surface area contributed by atoms with Crippen molar-refractivity contribution in [3.63, 3.8) is 0 Å². The number of ketones is 1. The Morgan fingerprint density at radius 1 is 0.862 bits per heavy atom. The molecule has 6 heteroatoms. The van der Waals surface area contributed by atoms with Gasteiger partial charge in [-0.05, 0) is 45.4 Å². The lowest BCUT2D eigenvalue weighted by Crippen LogP contribution is -2.45. The van der Waals surface area contributed by atoms with E-state index in [0.29, 0.717) is 5.56 Å². The molecule has 0 saturated carbocycles. The lowest BCUT2D eigenvalue weighted by atomic mass is 10.0. The number of hydrogen-bond donors (Lipinski definition) is 2. The number of nitrogens with one attached hydrogen (secondary N) is 1. The van der Waals surface area contributed by atoms with Gasteiger partial charge in [-0.2, -0.15) is 0 Å². The predicted octanol–water partition coefficient (Wildman–Crippen LogP) is 2.98. The molecular formula is C23H28N2O4. The van der Waals surface area contributed by atoms with Gasteiger partial charge in [0.15, 0.2) is 0 Å². The van der Waals surface area contributed by atoms with E-state index in [1.54, 1.807) is 0 Å². The first-order valence-corrected chi connectivity index (χ1v) is 9.70. The minimum atomic E-state index is -0.600. The lowest BCUT2D eigenvalue weighted by molar-refractivity contribution is -0.129. The molecule has 2 aromatic rings. The van der Waals surface area contributed by atoms with Gasteiger partial charge in [-0.3, -0.25) is 14.4 Å². The number of rotatable bonds is 8. The van der Waals surface area contributed by atoms with Crippen LogP contribution in [0.1, 0.15) is 60.0 Å². The molecule has 2 rings (SSSR count). The van der Waals surface area contributed by atoms with Crippen LogP contribution in [0.15, 0.2) is 54.6 Å². The number of Topliss-reactive ketones (excluding diaryl/α,β-unsaturated/α-hetero) is 1. The number of nitrogens with zero attached hydrogens (tertiary/aromatic N) is 1. The van der Waals surface area contributed by atoms with Gasteiger partial charge < -0.3 is 15.3 Å². The standard InChI is InChI=1S/C23H28N2O4/c1-15(2)25(16(3)4)23(29)21(27)18-10-12-19(13-11-18)22(28)24-20(14-26)17-8-6-5-7-9-17/h5-13,15-16,20,26H,14H2,1-4H3,(H,24,28)/t20-/m1/s1. The summed E-state index contributed by atoms with van der Waals surface area (Å²) in [6, 6.07) is 14.4. The summed E-state index contributed by atoms with van der Waals surface area (Å²) >= 11 is 0. The summed E-state index contributed by atoms with van der Waals surface area (Å²) < 4.78 is 0. The van der Waals surface area contributed by atoms with Gasteiger partial charge in [0.1, 0.15) is 0 Å². The Labute approximate surface area is 171 Å². The molecule has 0 aliphatic rings. The number of amides is 2. The summed E-state index contributed by atoms with van der Waals surface area (Å²) in [5.74, 6) is -1.53. The van der Waals surface area contributed by atoms with Crippen LogP contribution in [0, 0.1) is 0 Å². The van der Waals surface area contributed by atoms with Crippen LogP contribution >= 0.6 is 0 Å². The van der Waals surface area contributed by atoms with Gasteiger partial charge in [0.2, 0.25) is 5.78 Å². The largest absolute Gasteiger partial charge is 0.394 e. The normalized spacial score (nSPS) is 12.0. The fourth-order valence-corrected chi connectivity index (χ4v) is 3.24. The second-order valence-corrected chi connectivity index (χ2v) is 7.43. The highest BCUT2D eigenvalue weighted by Crippen LogP contribution is 2.15. The van der Waals surface area contributed by atoms with Crippen molar-refractivity contribution in [2.75, 3.05) is 6.61 Å². The van der Waals surface area contributed by atoms with Gasteiger partial charge in [0.05, 0.1) is 12.6 Å². The van der Waals surface area contributed by atoms with Crippen molar-refractivity contribution in [3.8, 4) is 0 Å². The third-order valence-corrected chi connectivity index (χ3v) is 4.64. The van der Waals surface area contributed by atoms with E-state index in [1.165, 1.54) is 29.2 Å². The van der Waals surface area contributed by atoms with Crippen molar-refractivity contribution in [2.24, 2.45) is 0 Å². The molecule has 29 heavy (non-hydrogen) atoms. The molecule has 6 nitrogen and oxygen atoms in total. The Bertz CT molecular complexity index is 837. The summed E-state index contributed by atoms with van der Waals surface area (Å²) in [5, 5.41) is 12.4. The Morgan fingerprint density at radius 3 is 1.86 bits per heavy atom. The molecule has 0 unspecified atom stereocenters. The Morgan fingerprint density at radius 2 is 1.38 bits per heavy atom. The second kappa shape index (κ2) is 9.98. The Kier molecular flexibility index (Phi) is 7.67. The van der Waals surface area contributed by atoms with E-state index in [2.05, 4.69) is 5.32 Å². The molecule has 0 heterocycles. The monoisotopic (exact) mass is 396 g/mol. The molecule has 0 aliphatic heterocycles. The smallest absolute Gasteiger partial charge is 0.295 e. The van der Waals surface area contributed by atoms with Crippen molar-refractivity contribution in [1.29, 1.82) is 0 Å². The van der Waals surface area contributed by atoms with Gasteiger partial charge in [-0.15, -0.1) is 0 Å². The summed E-state index contributed by atoms with van der Waals surface area (Å²) in [6.45, 7) is 7.22. The first-order valence-electron chi connectivity index (χ1n) is 9.70. The fraction of sp³-hybridized carbons (Fsp3) is 0.348. The van der Waals surface area contributed by atoms with Crippen LogP contribution in [0.3, 0.4) is 0 Å². The molecule has 0 aliphatic carbocycles. The molecule has 1 atom stereocenters. The molecule has 2 aromatic carbocycles. The van der Waals surface area contributed by atoms with Crippen LogP contribution in [0.4, 0.5) is 0 Å². The lowest BCUT2D eigenvalue weighted by Gasteiger charge is -2.30. The van der Waals surface area contributed by atoms with Crippen LogP contribution in [-0.2, 0) is 4.79 Å². The molecule has 2 amide bonds. The molecule has 154 valence electrons. The van der Waals surface area contributed by atoms with Crippen LogP contribution in [0.2, 0.25) is 0 Å². The first-order chi connectivity index (χ1) is 13.8. The quantitative estimate of drug-likeness (QED) is 0.531. The Hall–Kier alpha value is -2.99. The maximum Gasteiger partial charge on any atom is 0.295 e. The Balaban J connectivity index is 2.12. The summed E-state index contributed by atoms with van der Waals surface area (Å²) in [5.41, 5.74) is 1.37. The van der Waals surface area contributed by atoms with E-state index >= 15 is 0 Å². The molecule has 0 bridgehead atoms. The number of carbonyl (C=O) groups is 3. The average molecular weight is 396 g/mol. The zero-order valence-electron chi connectivity index (χ0n) is 17.3. The number of aliphatic hydroxyl groups is 1. The number of hydrogen-bond acceptors (Lipinski definition) is 4. The third kappa shape index (κ3) is 5.51. The van der Waals surface area contributed by atoms with E-state index in [1.807, 2.05) is 58.0 Å². The van der Waals surface area contributed by atoms with Crippen molar-refractivity contribution >= 4 is 17.6 Å². The van der Waals surface area contributed by atoms with E-state index in [-0.39, 0.29) is 30.2 Å². The summed E-state index contributed by atoms with van der Waals surface area (Å²) in [4.78, 5) is 39.2. The van der Waals surface area contributed by atoms with Gasteiger partial charge in [-0.25, -0.2) is 0 Å². The average Bonchev–Trinajstić information content (AvgIpc) is 2.71. The zero-order chi connectivity index (χ0) is 21.6. The van der Waals surface area contributed by atoms with E-state index in [4.69, 9.17) is 0 Å². The molecule has 0 fully saturated rings. The van der Waals surface area contributed by atoms with Crippen LogP contribution in [0.5, 0.6) is 0 Å². The van der Waals surface area contributed by atoms with E-state index in [0.717, 1.165) is 5.56 Å². The molecular weight excluding hydrogens is 368 g/mol. The highest BCUT2D eigenvalue weighted by atomic mass is 16.3. The van der Waals surface area contributed by atoms with Crippen molar-refractivity contribution in [3.05, 3.63) is 71.3 Å². The molecule has 0 spiro atoms. The van der Waals surface area contributed by atoms with Crippen molar-refractivity contribution in [2.45, 2.75) is 45.8 Å². The van der Waals surface area contributed by atoms with Crippen molar-refractivity contribution in [1.82, 2.24) is 10.2 Å². The minimum Gasteiger partial charge on any atom is -0.394 e. The van der Waals surface area contributed by atoms with Crippen molar-refractivity contribution < 1.29 is 19.5 Å². The molecule has 0 saturated heterocycles. The number of benzene rings is 2. The van der Waals surface area contributed by atoms with E-state index in [9.17, 15) is 19.5 Å². The van der Waals surface area contributed by atoms with Crippen LogP contribution in [-0.4, -0.2) is 46.3 Å². The number of aliphatic hydroxyl groups excluding tert-OH is 1. The van der Waals surface area contributed by atoms with Gasteiger partial charge in [0.25, 0.3) is 11.8 Å². The molecule has 0 radical (unpaired) electrons. The summed E-state index contributed by atoms with van der Waals surface area (Å²) in [6.07, 6.45) is 0. The molecule has 0 aromatic heterocycles. The highest BCUT2D eigenvalue weighted by Gasteiger charge is 2.27. The summed E-state index contributed by atoms with van der Waals surface area (Å²) in [7, 11) is 0. The first kappa shape index (κ1) is 22.3. The van der Waals surface area contributed by atoms with Gasteiger partial charge in [0, 0.05) is 23.2 Å². The second-order valence-electron chi connectivity index (χ2n) is 7.43. The maximum absolute atomic E-state index is 12.6.